The first kappa shape index (κ1) is 15.4. The molecule has 0 bridgehead atoms. The fourth-order valence-electron chi connectivity index (χ4n) is 2.95. The molecule has 120 valence electrons. The van der Waals surface area contributed by atoms with Gasteiger partial charge in [-0.3, -0.25) is 9.78 Å². The number of hydrogen-bond donors (Lipinski definition) is 2. The molecule has 8 heteroatoms. The number of carbonyl (C=O) groups is 1. The van der Waals surface area contributed by atoms with E-state index in [1.165, 1.54) is 0 Å². The Labute approximate surface area is 130 Å². The molecule has 0 spiro atoms. The Morgan fingerprint density at radius 1 is 1.27 bits per heavy atom. The van der Waals surface area contributed by atoms with E-state index >= 15 is 0 Å². The molecule has 0 aliphatic carbocycles. The quantitative estimate of drug-likeness (QED) is 0.824. The molecule has 2 N–H and O–H groups in total. The molecule has 2 aliphatic rings. The lowest BCUT2D eigenvalue weighted by atomic mass is 10.2. The minimum atomic E-state index is -3.30. The van der Waals surface area contributed by atoms with Crippen molar-refractivity contribution in [3.63, 3.8) is 0 Å². The standard InChI is InChI=1S/C14H20N4O3S/c19-14(17-11-3-5-15-6-4-11)13-9-12(10-16-13)22(20,21)18-7-1-2-8-18/h3-6,12-13,16H,1-2,7-10H2,(H,15,17,19). The second kappa shape index (κ2) is 6.31. The number of anilines is 1. The van der Waals surface area contributed by atoms with Crippen LogP contribution in [0.2, 0.25) is 0 Å². The molecule has 1 aromatic rings. The van der Waals surface area contributed by atoms with E-state index in [4.69, 9.17) is 0 Å². The van der Waals surface area contributed by atoms with Gasteiger partial charge in [0, 0.05) is 37.7 Å². The predicted octanol–water partition coefficient (Wildman–Crippen LogP) is 0.176. The van der Waals surface area contributed by atoms with Crippen LogP contribution in [0.15, 0.2) is 24.5 Å². The van der Waals surface area contributed by atoms with Gasteiger partial charge in [-0.05, 0) is 31.4 Å². The lowest BCUT2D eigenvalue weighted by Gasteiger charge is -2.20. The molecule has 0 saturated carbocycles. The van der Waals surface area contributed by atoms with E-state index in [1.807, 2.05) is 0 Å². The maximum Gasteiger partial charge on any atom is 0.241 e. The smallest absolute Gasteiger partial charge is 0.241 e. The van der Waals surface area contributed by atoms with Crippen LogP contribution in [0, 0.1) is 0 Å². The Hall–Kier alpha value is -1.51. The summed E-state index contributed by atoms with van der Waals surface area (Å²) >= 11 is 0. The van der Waals surface area contributed by atoms with Gasteiger partial charge < -0.3 is 10.6 Å². The van der Waals surface area contributed by atoms with Crippen LogP contribution in [0.5, 0.6) is 0 Å². The largest absolute Gasteiger partial charge is 0.325 e. The fraction of sp³-hybridized carbons (Fsp3) is 0.571. The fourth-order valence-corrected chi connectivity index (χ4v) is 4.88. The van der Waals surface area contributed by atoms with Gasteiger partial charge in [-0.1, -0.05) is 0 Å². The third kappa shape index (κ3) is 3.13. The van der Waals surface area contributed by atoms with Crippen LogP contribution in [0.3, 0.4) is 0 Å². The number of nitrogens with zero attached hydrogens (tertiary/aromatic N) is 2. The Morgan fingerprint density at radius 3 is 2.64 bits per heavy atom. The van der Waals surface area contributed by atoms with Crippen LogP contribution >= 0.6 is 0 Å². The lowest BCUT2D eigenvalue weighted by molar-refractivity contribution is -0.117. The van der Waals surface area contributed by atoms with E-state index < -0.39 is 21.3 Å². The van der Waals surface area contributed by atoms with Crippen molar-refractivity contribution in [2.24, 2.45) is 0 Å². The van der Waals surface area contributed by atoms with Crippen molar-refractivity contribution in [1.29, 1.82) is 0 Å². The normalized spacial score (nSPS) is 26.2. The lowest BCUT2D eigenvalue weighted by Crippen LogP contribution is -2.37. The van der Waals surface area contributed by atoms with Crippen molar-refractivity contribution in [2.45, 2.75) is 30.6 Å². The average molecular weight is 324 g/mol. The summed E-state index contributed by atoms with van der Waals surface area (Å²) in [6.07, 6.45) is 5.35. The zero-order chi connectivity index (χ0) is 15.6. The van der Waals surface area contributed by atoms with Gasteiger partial charge in [0.05, 0.1) is 11.3 Å². The number of carbonyl (C=O) groups excluding carboxylic acids is 1. The van der Waals surface area contributed by atoms with Crippen LogP contribution in [0.1, 0.15) is 19.3 Å². The summed E-state index contributed by atoms with van der Waals surface area (Å²) in [5.41, 5.74) is 0.660. The molecule has 0 radical (unpaired) electrons. The predicted molar refractivity (Wildman–Crippen MR) is 82.8 cm³/mol. The molecule has 1 aromatic heterocycles. The van der Waals surface area contributed by atoms with Gasteiger partial charge in [0.15, 0.2) is 0 Å². The average Bonchev–Trinajstić information content (AvgIpc) is 3.20. The van der Waals surface area contributed by atoms with E-state index in [0.29, 0.717) is 31.7 Å². The number of pyridine rings is 1. The first-order chi connectivity index (χ1) is 10.6. The summed E-state index contributed by atoms with van der Waals surface area (Å²) in [4.78, 5) is 16.1. The summed E-state index contributed by atoms with van der Waals surface area (Å²) in [7, 11) is -3.30. The first-order valence-corrected chi connectivity index (χ1v) is 9.01. The number of rotatable bonds is 4. The highest BCUT2D eigenvalue weighted by molar-refractivity contribution is 7.89. The van der Waals surface area contributed by atoms with Crippen molar-refractivity contribution in [3.8, 4) is 0 Å². The summed E-state index contributed by atoms with van der Waals surface area (Å²) in [5.74, 6) is -0.203. The van der Waals surface area contributed by atoms with Crippen LogP contribution in [0.4, 0.5) is 5.69 Å². The molecular formula is C14H20N4O3S. The first-order valence-electron chi connectivity index (χ1n) is 7.50. The minimum absolute atomic E-state index is 0.203. The molecule has 0 aromatic carbocycles. The molecule has 2 saturated heterocycles. The zero-order valence-corrected chi connectivity index (χ0v) is 13.1. The maximum absolute atomic E-state index is 12.5. The summed E-state index contributed by atoms with van der Waals surface area (Å²) in [6.45, 7) is 1.53. The summed E-state index contributed by atoms with van der Waals surface area (Å²) in [5, 5.41) is 5.28. The Morgan fingerprint density at radius 2 is 1.95 bits per heavy atom. The topological polar surface area (TPSA) is 91.4 Å². The molecular weight excluding hydrogens is 304 g/mol. The van der Waals surface area contributed by atoms with Gasteiger partial charge in [-0.15, -0.1) is 0 Å². The number of amides is 1. The van der Waals surface area contributed by atoms with E-state index in [-0.39, 0.29) is 5.91 Å². The molecule has 2 atom stereocenters. The number of aromatic nitrogens is 1. The van der Waals surface area contributed by atoms with Crippen LogP contribution in [0.25, 0.3) is 0 Å². The molecule has 1 amide bonds. The van der Waals surface area contributed by atoms with E-state index in [0.717, 1.165) is 12.8 Å². The van der Waals surface area contributed by atoms with Crippen LogP contribution < -0.4 is 10.6 Å². The molecule has 22 heavy (non-hydrogen) atoms. The van der Waals surface area contributed by atoms with Crippen LogP contribution in [-0.4, -0.2) is 54.5 Å². The SMILES string of the molecule is O=C(Nc1ccncc1)C1CC(S(=O)(=O)N2CCCC2)CN1. The van der Waals surface area contributed by atoms with Gasteiger partial charge >= 0.3 is 0 Å². The van der Waals surface area contributed by atoms with Crippen molar-refractivity contribution in [1.82, 2.24) is 14.6 Å². The van der Waals surface area contributed by atoms with Gasteiger partial charge in [0.25, 0.3) is 0 Å². The van der Waals surface area contributed by atoms with E-state index in [9.17, 15) is 13.2 Å². The highest BCUT2D eigenvalue weighted by atomic mass is 32.2. The highest BCUT2D eigenvalue weighted by Crippen LogP contribution is 2.23. The Kier molecular flexibility index (Phi) is 4.42. The minimum Gasteiger partial charge on any atom is -0.325 e. The molecule has 2 aliphatic heterocycles. The van der Waals surface area contributed by atoms with Crippen LogP contribution in [-0.2, 0) is 14.8 Å². The van der Waals surface area contributed by atoms with Gasteiger partial charge in [-0.25, -0.2) is 12.7 Å². The van der Waals surface area contributed by atoms with E-state index in [2.05, 4.69) is 15.6 Å². The van der Waals surface area contributed by atoms with Gasteiger partial charge in [-0.2, -0.15) is 0 Å². The molecule has 2 unspecified atom stereocenters. The maximum atomic E-state index is 12.5. The molecule has 7 nitrogen and oxygen atoms in total. The van der Waals surface area contributed by atoms with Crippen molar-refractivity contribution >= 4 is 21.6 Å². The Bertz CT molecular complexity index is 629. The van der Waals surface area contributed by atoms with Gasteiger partial charge in [0.1, 0.15) is 0 Å². The third-order valence-corrected chi connectivity index (χ3v) is 6.49. The molecule has 3 heterocycles. The highest BCUT2D eigenvalue weighted by Gasteiger charge is 2.40. The summed E-state index contributed by atoms with van der Waals surface area (Å²) < 4.78 is 26.6. The van der Waals surface area contributed by atoms with Crippen molar-refractivity contribution in [3.05, 3.63) is 24.5 Å². The zero-order valence-electron chi connectivity index (χ0n) is 12.2. The molecule has 2 fully saturated rings. The third-order valence-electron chi connectivity index (χ3n) is 4.20. The number of sulfonamides is 1. The van der Waals surface area contributed by atoms with Crippen molar-refractivity contribution in [2.75, 3.05) is 25.0 Å². The van der Waals surface area contributed by atoms with Crippen molar-refractivity contribution < 1.29 is 13.2 Å². The second-order valence-corrected chi connectivity index (χ2v) is 7.91. The summed E-state index contributed by atoms with van der Waals surface area (Å²) in [6, 6.07) is 2.92. The van der Waals surface area contributed by atoms with E-state index in [1.54, 1.807) is 28.8 Å². The number of hydrogen-bond acceptors (Lipinski definition) is 5. The monoisotopic (exact) mass is 324 g/mol. The number of nitrogens with one attached hydrogen (secondary N) is 2. The molecule has 3 rings (SSSR count). The second-order valence-electron chi connectivity index (χ2n) is 5.69. The Balaban J connectivity index is 1.61. The van der Waals surface area contributed by atoms with Gasteiger partial charge in [0.2, 0.25) is 15.9 Å².